The summed E-state index contributed by atoms with van der Waals surface area (Å²) >= 11 is 0. The summed E-state index contributed by atoms with van der Waals surface area (Å²) in [5.74, 6) is -0.165. The van der Waals surface area contributed by atoms with Crippen molar-refractivity contribution in [3.05, 3.63) is 53.8 Å². The molecule has 26 heavy (non-hydrogen) atoms. The van der Waals surface area contributed by atoms with Gasteiger partial charge in [-0.25, -0.2) is 8.42 Å². The molecule has 0 bridgehead atoms. The molecule has 0 spiro atoms. The van der Waals surface area contributed by atoms with Crippen molar-refractivity contribution in [2.45, 2.75) is 6.42 Å². The van der Waals surface area contributed by atoms with Crippen LogP contribution in [0, 0.1) is 0 Å². The first-order valence-electron chi connectivity index (χ1n) is 7.96. The van der Waals surface area contributed by atoms with Gasteiger partial charge in [-0.2, -0.15) is 0 Å². The van der Waals surface area contributed by atoms with E-state index in [2.05, 4.69) is 15.0 Å². The van der Waals surface area contributed by atoms with Crippen LogP contribution in [0.4, 0.5) is 5.69 Å². The third kappa shape index (κ3) is 4.17. The zero-order valence-electron chi connectivity index (χ0n) is 14.1. The highest BCUT2D eigenvalue weighted by atomic mass is 32.2. The lowest BCUT2D eigenvalue weighted by Gasteiger charge is -2.26. The van der Waals surface area contributed by atoms with Gasteiger partial charge in [0.05, 0.1) is 17.7 Å². The van der Waals surface area contributed by atoms with E-state index >= 15 is 0 Å². The summed E-state index contributed by atoms with van der Waals surface area (Å²) in [5.41, 5.74) is 1.85. The van der Waals surface area contributed by atoms with Crippen LogP contribution < -0.4 is 10.6 Å². The third-order valence-corrected chi connectivity index (χ3v) is 5.11. The molecule has 0 aliphatic carbocycles. The van der Waals surface area contributed by atoms with Crippen LogP contribution >= 0.6 is 0 Å². The average molecular weight is 374 g/mol. The topological polar surface area (TPSA) is 108 Å². The van der Waals surface area contributed by atoms with E-state index in [0.717, 1.165) is 5.56 Å². The summed E-state index contributed by atoms with van der Waals surface area (Å²) < 4.78 is 26.7. The van der Waals surface area contributed by atoms with Crippen molar-refractivity contribution in [1.82, 2.24) is 10.2 Å². The number of benzene rings is 1. The number of anilines is 1. The van der Waals surface area contributed by atoms with Gasteiger partial charge in [-0.05, 0) is 29.8 Å². The van der Waals surface area contributed by atoms with Gasteiger partial charge in [0, 0.05) is 25.5 Å². The molecule has 2 aliphatic heterocycles. The van der Waals surface area contributed by atoms with E-state index < -0.39 is 10.0 Å². The van der Waals surface area contributed by atoms with Crippen LogP contribution in [0.25, 0.3) is 0 Å². The van der Waals surface area contributed by atoms with Crippen LogP contribution in [0.15, 0.2) is 52.6 Å². The highest BCUT2D eigenvalue weighted by molar-refractivity contribution is 7.90. The SMILES string of the molecule is CNC(=O)Cc1ccc(NC(=O)C2=CN3CCS(=O)(=O)N=C3C=C2)cc1. The predicted molar refractivity (Wildman–Crippen MR) is 98.0 cm³/mol. The van der Waals surface area contributed by atoms with Gasteiger partial charge >= 0.3 is 0 Å². The molecule has 0 saturated heterocycles. The van der Waals surface area contributed by atoms with Gasteiger partial charge in [-0.1, -0.05) is 12.1 Å². The Bertz CT molecular complexity index is 930. The van der Waals surface area contributed by atoms with Crippen LogP contribution in [0.1, 0.15) is 5.56 Å². The molecule has 2 aliphatic rings. The van der Waals surface area contributed by atoms with Gasteiger partial charge < -0.3 is 15.5 Å². The molecular weight excluding hydrogens is 356 g/mol. The standard InChI is InChI=1S/C17H18N4O4S/c1-18-16(22)10-12-2-5-14(6-3-12)19-17(23)13-4-7-15-20-26(24,25)9-8-21(15)11-13/h2-7,11H,8-10H2,1H3,(H,18,22)(H,19,23). The van der Waals surface area contributed by atoms with Crippen LogP contribution in [-0.2, 0) is 26.0 Å². The quantitative estimate of drug-likeness (QED) is 0.794. The number of nitrogens with one attached hydrogen (secondary N) is 2. The predicted octanol–water partition coefficient (Wildman–Crippen LogP) is 0.411. The first-order valence-corrected chi connectivity index (χ1v) is 9.57. The second kappa shape index (κ2) is 7.12. The number of hydrogen-bond acceptors (Lipinski definition) is 5. The highest BCUT2D eigenvalue weighted by Crippen LogP contribution is 2.18. The van der Waals surface area contributed by atoms with Gasteiger partial charge in [0.2, 0.25) is 5.91 Å². The van der Waals surface area contributed by atoms with Crippen LogP contribution in [0.3, 0.4) is 0 Å². The minimum absolute atomic E-state index is 0.0808. The first-order chi connectivity index (χ1) is 12.4. The lowest BCUT2D eigenvalue weighted by atomic mass is 10.1. The lowest BCUT2D eigenvalue weighted by molar-refractivity contribution is -0.120. The number of rotatable bonds is 4. The minimum Gasteiger partial charge on any atom is -0.359 e. The molecule has 136 valence electrons. The van der Waals surface area contributed by atoms with Gasteiger partial charge in [0.25, 0.3) is 15.9 Å². The maximum Gasteiger partial charge on any atom is 0.257 e. The van der Waals surface area contributed by atoms with Gasteiger partial charge in [0.1, 0.15) is 5.84 Å². The Hall–Kier alpha value is -2.94. The number of carbonyl (C=O) groups excluding carboxylic acids is 2. The van der Waals surface area contributed by atoms with Crippen LogP contribution in [0.2, 0.25) is 0 Å². The number of hydrogen-bond donors (Lipinski definition) is 2. The fourth-order valence-electron chi connectivity index (χ4n) is 2.52. The number of amidine groups is 1. The largest absolute Gasteiger partial charge is 0.359 e. The summed E-state index contributed by atoms with van der Waals surface area (Å²) in [7, 11) is -1.84. The van der Waals surface area contributed by atoms with Crippen molar-refractivity contribution >= 4 is 33.4 Å². The Morgan fingerprint density at radius 1 is 1.19 bits per heavy atom. The molecule has 8 nitrogen and oxygen atoms in total. The summed E-state index contributed by atoms with van der Waals surface area (Å²) in [6.45, 7) is 0.260. The Morgan fingerprint density at radius 3 is 2.62 bits per heavy atom. The van der Waals surface area contributed by atoms with Crippen molar-refractivity contribution in [2.24, 2.45) is 4.40 Å². The molecule has 9 heteroatoms. The van der Waals surface area contributed by atoms with Gasteiger partial charge in [0.15, 0.2) is 0 Å². The molecule has 2 amide bonds. The normalized spacial score (nSPS) is 17.7. The zero-order chi connectivity index (χ0) is 18.7. The fourth-order valence-corrected chi connectivity index (χ4v) is 3.49. The molecule has 1 aromatic rings. The molecule has 0 aromatic heterocycles. The molecule has 1 aromatic carbocycles. The van der Waals surface area contributed by atoms with Crippen molar-refractivity contribution in [1.29, 1.82) is 0 Å². The van der Waals surface area contributed by atoms with Crippen LogP contribution in [0.5, 0.6) is 0 Å². The average Bonchev–Trinajstić information content (AvgIpc) is 2.62. The van der Waals surface area contributed by atoms with Crippen molar-refractivity contribution in [3.8, 4) is 0 Å². The molecule has 0 radical (unpaired) electrons. The zero-order valence-corrected chi connectivity index (χ0v) is 14.9. The number of sulfonamides is 1. The van der Waals surface area contributed by atoms with Crippen molar-refractivity contribution in [2.75, 3.05) is 24.7 Å². The third-order valence-electron chi connectivity index (χ3n) is 3.94. The summed E-state index contributed by atoms with van der Waals surface area (Å²) in [6, 6.07) is 7.00. The smallest absolute Gasteiger partial charge is 0.257 e. The molecular formula is C17H18N4O4S. The monoisotopic (exact) mass is 374 g/mol. The molecule has 3 rings (SSSR count). The van der Waals surface area contributed by atoms with Gasteiger partial charge in [-0.3, -0.25) is 9.59 Å². The molecule has 2 heterocycles. The van der Waals surface area contributed by atoms with Gasteiger partial charge in [-0.15, -0.1) is 4.40 Å². The maximum absolute atomic E-state index is 12.4. The Balaban J connectivity index is 1.67. The Labute approximate surface area is 151 Å². The summed E-state index contributed by atoms with van der Waals surface area (Å²) in [6.07, 6.45) is 4.91. The summed E-state index contributed by atoms with van der Waals surface area (Å²) in [5, 5.41) is 5.33. The van der Waals surface area contributed by atoms with Crippen molar-refractivity contribution < 1.29 is 18.0 Å². The lowest BCUT2D eigenvalue weighted by Crippen LogP contribution is -2.37. The summed E-state index contributed by atoms with van der Waals surface area (Å²) in [4.78, 5) is 25.4. The molecule has 2 N–H and O–H groups in total. The van der Waals surface area contributed by atoms with E-state index in [0.29, 0.717) is 17.1 Å². The Kier molecular flexibility index (Phi) is 4.90. The van der Waals surface area contributed by atoms with Crippen LogP contribution in [-0.4, -0.2) is 50.3 Å². The number of fused-ring (bicyclic) bond motifs is 1. The minimum atomic E-state index is -3.42. The number of nitrogens with zero attached hydrogens (tertiary/aromatic N) is 2. The Morgan fingerprint density at radius 2 is 1.92 bits per heavy atom. The maximum atomic E-state index is 12.4. The first kappa shape index (κ1) is 17.9. The number of amides is 2. The molecule has 0 fully saturated rings. The van der Waals surface area contributed by atoms with E-state index in [-0.39, 0.29) is 30.5 Å². The molecule has 0 saturated carbocycles. The second-order valence-electron chi connectivity index (χ2n) is 5.85. The second-order valence-corrected chi connectivity index (χ2v) is 7.60. The number of carbonyl (C=O) groups is 2. The fraction of sp³-hybridized carbons (Fsp3) is 0.235. The van der Waals surface area contributed by atoms with E-state index in [1.165, 1.54) is 12.2 Å². The van der Waals surface area contributed by atoms with E-state index in [4.69, 9.17) is 0 Å². The number of likely N-dealkylation sites (N-methyl/N-ethyl adjacent to an activating group) is 1. The van der Waals surface area contributed by atoms with E-state index in [1.54, 1.807) is 42.4 Å². The van der Waals surface area contributed by atoms with Crippen molar-refractivity contribution in [3.63, 3.8) is 0 Å². The molecule has 0 atom stereocenters. The molecule has 0 unspecified atom stereocenters. The van der Waals surface area contributed by atoms with E-state index in [9.17, 15) is 18.0 Å². The van der Waals surface area contributed by atoms with E-state index in [1.807, 2.05) is 0 Å². The highest BCUT2D eigenvalue weighted by Gasteiger charge is 2.24.